The van der Waals surface area contributed by atoms with Gasteiger partial charge in [0.2, 0.25) is 0 Å². The van der Waals surface area contributed by atoms with Gasteiger partial charge < -0.3 is 9.64 Å². The van der Waals surface area contributed by atoms with Crippen molar-refractivity contribution in [3.63, 3.8) is 0 Å². The highest BCUT2D eigenvalue weighted by Crippen LogP contribution is 2.32. The Kier molecular flexibility index (Phi) is 5.27. The summed E-state index contributed by atoms with van der Waals surface area (Å²) in [5, 5.41) is 0.537. The van der Waals surface area contributed by atoms with Crippen molar-refractivity contribution in [1.29, 1.82) is 0 Å². The maximum Gasteiger partial charge on any atom is 0.338 e. The second-order valence-electron chi connectivity index (χ2n) is 6.29. The summed E-state index contributed by atoms with van der Waals surface area (Å²) in [4.78, 5) is 26.1. The van der Waals surface area contributed by atoms with Gasteiger partial charge in [-0.3, -0.25) is 4.79 Å². The van der Waals surface area contributed by atoms with Crippen LogP contribution in [0.5, 0.6) is 0 Å². The highest BCUT2D eigenvalue weighted by atomic mass is 35.5. The molecule has 1 saturated carbocycles. The van der Waals surface area contributed by atoms with E-state index in [-0.39, 0.29) is 40.1 Å². The molecule has 25 heavy (non-hydrogen) atoms. The number of rotatable bonds is 5. The molecular formula is C16H17Cl2NO5S. The Morgan fingerprint density at radius 3 is 2.40 bits per heavy atom. The number of halogens is 2. The zero-order valence-electron chi connectivity index (χ0n) is 13.3. The topological polar surface area (TPSA) is 80.8 Å². The Hall–Kier alpha value is -1.31. The van der Waals surface area contributed by atoms with Crippen molar-refractivity contribution >= 4 is 44.9 Å². The first-order valence-corrected chi connectivity index (χ1v) is 10.5. The van der Waals surface area contributed by atoms with Crippen molar-refractivity contribution in [2.24, 2.45) is 0 Å². The molecular weight excluding hydrogens is 389 g/mol. The summed E-state index contributed by atoms with van der Waals surface area (Å²) < 4.78 is 28.4. The van der Waals surface area contributed by atoms with E-state index >= 15 is 0 Å². The fraction of sp³-hybridized carbons (Fsp3) is 0.500. The highest BCUT2D eigenvalue weighted by Gasteiger charge is 2.42. The van der Waals surface area contributed by atoms with Gasteiger partial charge >= 0.3 is 5.97 Å². The van der Waals surface area contributed by atoms with Crippen LogP contribution in [0.25, 0.3) is 0 Å². The first-order valence-electron chi connectivity index (χ1n) is 7.90. The Bertz CT molecular complexity index is 807. The average molecular weight is 406 g/mol. The lowest BCUT2D eigenvalue weighted by Crippen LogP contribution is -2.44. The highest BCUT2D eigenvalue weighted by molar-refractivity contribution is 7.91. The minimum Gasteiger partial charge on any atom is -0.452 e. The quantitative estimate of drug-likeness (QED) is 0.702. The standard InChI is InChI=1S/C16H17Cl2NO5S/c17-13-4-1-10(7-14(13)18)16(21)24-8-15(20)19(11-2-3-11)12-5-6-25(22,23)9-12/h1,4,7,11-12H,2-3,5-6,8-9H2/t12-/m1/s1. The summed E-state index contributed by atoms with van der Waals surface area (Å²) in [6, 6.07) is 4.03. The molecule has 9 heteroatoms. The number of benzene rings is 1. The predicted octanol–water partition coefficient (Wildman–Crippen LogP) is 2.33. The van der Waals surface area contributed by atoms with Gasteiger partial charge in [-0.1, -0.05) is 23.2 Å². The zero-order chi connectivity index (χ0) is 18.2. The summed E-state index contributed by atoms with van der Waals surface area (Å²) >= 11 is 11.7. The monoisotopic (exact) mass is 405 g/mol. The van der Waals surface area contributed by atoms with E-state index in [4.69, 9.17) is 27.9 Å². The molecule has 0 radical (unpaired) electrons. The van der Waals surface area contributed by atoms with Crippen LogP contribution < -0.4 is 0 Å². The van der Waals surface area contributed by atoms with Crippen molar-refractivity contribution in [3.8, 4) is 0 Å². The van der Waals surface area contributed by atoms with Gasteiger partial charge in [0.05, 0.1) is 27.1 Å². The van der Waals surface area contributed by atoms with Gasteiger partial charge in [0.1, 0.15) is 0 Å². The van der Waals surface area contributed by atoms with Crippen LogP contribution in [-0.2, 0) is 19.4 Å². The smallest absolute Gasteiger partial charge is 0.338 e. The SMILES string of the molecule is O=C(OCC(=O)N(C1CC1)[C@@H]1CCS(=O)(=O)C1)c1ccc(Cl)c(Cl)c1. The summed E-state index contributed by atoms with van der Waals surface area (Å²) in [5.74, 6) is -0.965. The third kappa shape index (κ3) is 4.46. The third-order valence-electron chi connectivity index (χ3n) is 4.31. The summed E-state index contributed by atoms with van der Waals surface area (Å²) in [6.45, 7) is -0.424. The van der Waals surface area contributed by atoms with Crippen molar-refractivity contribution in [2.75, 3.05) is 18.1 Å². The number of amides is 1. The number of ether oxygens (including phenoxy) is 1. The van der Waals surface area contributed by atoms with Crippen LogP contribution in [0.15, 0.2) is 18.2 Å². The molecule has 1 amide bonds. The van der Waals surface area contributed by atoms with E-state index in [9.17, 15) is 18.0 Å². The molecule has 3 rings (SSSR count). The average Bonchev–Trinajstić information content (AvgIpc) is 3.31. The fourth-order valence-electron chi connectivity index (χ4n) is 2.96. The minimum absolute atomic E-state index is 0.0179. The zero-order valence-corrected chi connectivity index (χ0v) is 15.6. The van der Waals surface area contributed by atoms with E-state index in [0.717, 1.165) is 12.8 Å². The molecule has 1 aliphatic carbocycles. The van der Waals surface area contributed by atoms with Gasteiger partial charge in [0.25, 0.3) is 5.91 Å². The second-order valence-corrected chi connectivity index (χ2v) is 9.34. The van der Waals surface area contributed by atoms with Gasteiger partial charge in [-0.15, -0.1) is 0 Å². The van der Waals surface area contributed by atoms with Gasteiger partial charge in [-0.2, -0.15) is 0 Å². The van der Waals surface area contributed by atoms with E-state index in [1.807, 2.05) is 0 Å². The molecule has 1 atom stereocenters. The lowest BCUT2D eigenvalue weighted by Gasteiger charge is -2.28. The summed E-state index contributed by atoms with van der Waals surface area (Å²) in [5.41, 5.74) is 0.198. The van der Waals surface area contributed by atoms with E-state index in [0.29, 0.717) is 11.4 Å². The van der Waals surface area contributed by atoms with Crippen LogP contribution in [0.4, 0.5) is 0 Å². The predicted molar refractivity (Wildman–Crippen MR) is 93.7 cm³/mol. The second kappa shape index (κ2) is 7.13. The molecule has 6 nitrogen and oxygen atoms in total. The van der Waals surface area contributed by atoms with E-state index < -0.39 is 22.4 Å². The van der Waals surface area contributed by atoms with Crippen molar-refractivity contribution in [1.82, 2.24) is 4.90 Å². The van der Waals surface area contributed by atoms with Gasteiger partial charge in [-0.05, 0) is 37.5 Å². The molecule has 1 aliphatic heterocycles. The Morgan fingerprint density at radius 1 is 1.12 bits per heavy atom. The van der Waals surface area contributed by atoms with Crippen molar-refractivity contribution in [2.45, 2.75) is 31.3 Å². The molecule has 0 N–H and O–H groups in total. The number of esters is 1. The Morgan fingerprint density at radius 2 is 1.84 bits per heavy atom. The number of nitrogens with zero attached hydrogens (tertiary/aromatic N) is 1. The molecule has 2 fully saturated rings. The Labute approximate surface area is 155 Å². The lowest BCUT2D eigenvalue weighted by atomic mass is 10.2. The van der Waals surface area contributed by atoms with Gasteiger partial charge in [-0.25, -0.2) is 13.2 Å². The number of hydrogen-bond acceptors (Lipinski definition) is 5. The molecule has 136 valence electrons. The molecule has 0 spiro atoms. The first-order chi connectivity index (χ1) is 11.8. The van der Waals surface area contributed by atoms with E-state index in [1.165, 1.54) is 18.2 Å². The summed E-state index contributed by atoms with van der Waals surface area (Å²) in [7, 11) is -3.09. The van der Waals surface area contributed by atoms with Crippen LogP contribution in [0, 0.1) is 0 Å². The molecule has 1 heterocycles. The van der Waals surface area contributed by atoms with E-state index in [1.54, 1.807) is 4.90 Å². The van der Waals surface area contributed by atoms with Crippen molar-refractivity contribution < 1.29 is 22.7 Å². The number of carbonyl (C=O) groups is 2. The molecule has 0 unspecified atom stereocenters. The largest absolute Gasteiger partial charge is 0.452 e. The molecule has 0 bridgehead atoms. The maximum atomic E-state index is 12.5. The maximum absolute atomic E-state index is 12.5. The normalized spacial score (nSPS) is 21.8. The number of sulfone groups is 1. The summed E-state index contributed by atoms with van der Waals surface area (Å²) in [6.07, 6.45) is 2.14. The molecule has 1 aromatic carbocycles. The molecule has 0 aromatic heterocycles. The molecule has 1 aromatic rings. The van der Waals surface area contributed by atoms with Crippen LogP contribution in [-0.4, -0.2) is 55.4 Å². The van der Waals surface area contributed by atoms with Crippen LogP contribution in [0.3, 0.4) is 0 Å². The van der Waals surface area contributed by atoms with Gasteiger partial charge in [0.15, 0.2) is 16.4 Å². The van der Waals surface area contributed by atoms with Crippen LogP contribution >= 0.6 is 23.2 Å². The lowest BCUT2D eigenvalue weighted by molar-refractivity contribution is -0.137. The molecule has 2 aliphatic rings. The van der Waals surface area contributed by atoms with Crippen molar-refractivity contribution in [3.05, 3.63) is 33.8 Å². The fourth-order valence-corrected chi connectivity index (χ4v) is 4.97. The van der Waals surface area contributed by atoms with Gasteiger partial charge in [0, 0.05) is 12.1 Å². The van der Waals surface area contributed by atoms with Crippen LogP contribution in [0.1, 0.15) is 29.6 Å². The Balaban J connectivity index is 1.62. The van der Waals surface area contributed by atoms with Crippen LogP contribution in [0.2, 0.25) is 10.0 Å². The number of hydrogen-bond donors (Lipinski definition) is 0. The first kappa shape index (κ1) is 18.5. The minimum atomic E-state index is -3.09. The van der Waals surface area contributed by atoms with E-state index in [2.05, 4.69) is 0 Å². The molecule has 1 saturated heterocycles. The number of carbonyl (C=O) groups excluding carboxylic acids is 2. The third-order valence-corrected chi connectivity index (χ3v) is 6.80.